The molecular weight excluding hydrogens is 447 g/mol. The average Bonchev–Trinajstić information content (AvgIpc) is 3.07. The summed E-state index contributed by atoms with van der Waals surface area (Å²) >= 11 is 0. The maximum atomic E-state index is 14.7. The number of carboxylic acid groups (broad SMARTS) is 1. The molecule has 1 heterocycles. The zero-order valence-electron chi connectivity index (χ0n) is 19.4. The third kappa shape index (κ3) is 5.16. The number of carboxylic acids is 1. The van der Waals surface area contributed by atoms with E-state index in [1.165, 1.54) is 12.1 Å². The minimum absolute atomic E-state index is 0.0134. The summed E-state index contributed by atoms with van der Waals surface area (Å²) in [5.41, 5.74) is 1.39. The van der Waals surface area contributed by atoms with Crippen LogP contribution in [-0.2, 0) is 17.8 Å². The molecular formula is C26H26F3NO4. The van der Waals surface area contributed by atoms with E-state index in [0.29, 0.717) is 16.3 Å². The van der Waals surface area contributed by atoms with Crippen molar-refractivity contribution in [2.75, 3.05) is 4.90 Å². The molecule has 8 heteroatoms. The molecule has 180 valence electrons. The lowest BCUT2D eigenvalue weighted by atomic mass is 9.95. The predicted octanol–water partition coefficient (Wildman–Crippen LogP) is 6.34. The van der Waals surface area contributed by atoms with Crippen LogP contribution in [0, 0.1) is 18.7 Å². The number of hydrogen-bond acceptors (Lipinski definition) is 3. The van der Waals surface area contributed by atoms with Crippen LogP contribution < -0.4 is 9.64 Å². The Balaban J connectivity index is 0.000000751. The van der Waals surface area contributed by atoms with Gasteiger partial charge in [-0.3, -0.25) is 9.59 Å². The van der Waals surface area contributed by atoms with Gasteiger partial charge in [-0.25, -0.2) is 4.39 Å². The molecule has 0 radical (unpaired) electrons. The molecule has 5 nitrogen and oxygen atoms in total. The summed E-state index contributed by atoms with van der Waals surface area (Å²) < 4.78 is 45.7. The average molecular weight is 473 g/mol. The standard InChI is InChI=1S/C22H16F3NO4.C4H10/c1-11-13-4-2-3-5-14(13)20(30-22(24)25)19-15(11)10-26(21(19)29)17-7-6-12(8-16(17)23)9-18(27)28;1-4(2)3/h2-8,22H,9-10H2,1H3,(H,27,28);4H,1-3H3. The maximum absolute atomic E-state index is 14.7. The second kappa shape index (κ2) is 10.2. The van der Waals surface area contributed by atoms with Gasteiger partial charge < -0.3 is 14.7 Å². The maximum Gasteiger partial charge on any atom is 0.387 e. The largest absolute Gasteiger partial charge is 0.481 e. The second-order valence-electron chi connectivity index (χ2n) is 8.71. The fraction of sp³-hybridized carbons (Fsp3) is 0.308. The highest BCUT2D eigenvalue weighted by Gasteiger charge is 2.36. The van der Waals surface area contributed by atoms with Gasteiger partial charge in [0, 0.05) is 5.39 Å². The number of fused-ring (bicyclic) bond motifs is 2. The van der Waals surface area contributed by atoms with Crippen molar-refractivity contribution in [1.29, 1.82) is 0 Å². The van der Waals surface area contributed by atoms with Gasteiger partial charge in [-0.1, -0.05) is 51.1 Å². The van der Waals surface area contributed by atoms with Gasteiger partial charge in [0.2, 0.25) is 0 Å². The molecule has 1 aliphatic rings. The Kier molecular flexibility index (Phi) is 7.49. The summed E-state index contributed by atoms with van der Waals surface area (Å²) in [6.45, 7) is 5.13. The number of halogens is 3. The van der Waals surface area contributed by atoms with E-state index < -0.39 is 24.3 Å². The second-order valence-corrected chi connectivity index (χ2v) is 8.71. The Bertz CT molecular complexity index is 1240. The molecule has 3 aromatic carbocycles. The van der Waals surface area contributed by atoms with Crippen molar-refractivity contribution in [2.45, 2.75) is 47.3 Å². The molecule has 0 aliphatic carbocycles. The molecule has 0 unspecified atom stereocenters. The molecule has 0 atom stereocenters. The van der Waals surface area contributed by atoms with Gasteiger partial charge in [0.25, 0.3) is 5.91 Å². The van der Waals surface area contributed by atoms with E-state index >= 15 is 0 Å². The molecule has 0 aromatic heterocycles. The van der Waals surface area contributed by atoms with Gasteiger partial charge in [-0.2, -0.15) is 8.78 Å². The first-order valence-corrected chi connectivity index (χ1v) is 10.8. The Labute approximate surface area is 195 Å². The zero-order valence-corrected chi connectivity index (χ0v) is 19.4. The highest BCUT2D eigenvalue weighted by molar-refractivity contribution is 6.16. The van der Waals surface area contributed by atoms with Crippen LogP contribution in [-0.4, -0.2) is 23.6 Å². The van der Waals surface area contributed by atoms with Crippen molar-refractivity contribution in [1.82, 2.24) is 0 Å². The minimum Gasteiger partial charge on any atom is -0.481 e. The van der Waals surface area contributed by atoms with Crippen molar-refractivity contribution >= 4 is 28.3 Å². The molecule has 1 aliphatic heterocycles. The normalized spacial score (nSPS) is 12.7. The monoisotopic (exact) mass is 473 g/mol. The van der Waals surface area contributed by atoms with E-state index in [9.17, 15) is 22.8 Å². The third-order valence-corrected chi connectivity index (χ3v) is 5.20. The van der Waals surface area contributed by atoms with Crippen LogP contribution in [0.5, 0.6) is 5.75 Å². The van der Waals surface area contributed by atoms with Gasteiger partial charge in [-0.05, 0) is 47.1 Å². The van der Waals surface area contributed by atoms with Crippen LogP contribution in [0.4, 0.5) is 18.9 Å². The lowest BCUT2D eigenvalue weighted by Crippen LogP contribution is -2.24. The van der Waals surface area contributed by atoms with E-state index in [-0.39, 0.29) is 35.5 Å². The summed E-state index contributed by atoms with van der Waals surface area (Å²) in [5, 5.41) is 9.90. The number of benzene rings is 3. The van der Waals surface area contributed by atoms with E-state index in [1.54, 1.807) is 31.2 Å². The number of carbonyl (C=O) groups is 2. The molecule has 0 saturated carbocycles. The van der Waals surface area contributed by atoms with E-state index in [0.717, 1.165) is 22.4 Å². The Morgan fingerprint density at radius 1 is 1.12 bits per heavy atom. The highest BCUT2D eigenvalue weighted by Crippen LogP contribution is 2.43. The number of ether oxygens (including phenoxy) is 1. The predicted molar refractivity (Wildman–Crippen MR) is 124 cm³/mol. The summed E-state index contributed by atoms with van der Waals surface area (Å²) in [7, 11) is 0. The number of rotatable bonds is 5. The van der Waals surface area contributed by atoms with Crippen LogP contribution in [0.2, 0.25) is 0 Å². The van der Waals surface area contributed by atoms with Crippen LogP contribution >= 0.6 is 0 Å². The number of anilines is 1. The van der Waals surface area contributed by atoms with Crippen LogP contribution in [0.15, 0.2) is 42.5 Å². The molecule has 3 aromatic rings. The van der Waals surface area contributed by atoms with Gasteiger partial charge in [0.15, 0.2) is 0 Å². The van der Waals surface area contributed by atoms with Crippen molar-refractivity contribution in [2.24, 2.45) is 5.92 Å². The molecule has 0 saturated heterocycles. The smallest absolute Gasteiger partial charge is 0.387 e. The third-order valence-electron chi connectivity index (χ3n) is 5.20. The van der Waals surface area contributed by atoms with E-state index in [4.69, 9.17) is 9.84 Å². The van der Waals surface area contributed by atoms with E-state index in [2.05, 4.69) is 20.8 Å². The SMILES string of the molecule is CC(C)C.Cc1c2c(c(OC(F)F)c3ccccc13)C(=O)N(c1ccc(CC(=O)O)cc1F)C2. The van der Waals surface area contributed by atoms with Crippen molar-refractivity contribution < 1.29 is 32.6 Å². The van der Waals surface area contributed by atoms with Crippen LogP contribution in [0.1, 0.15) is 47.8 Å². The minimum atomic E-state index is -3.13. The number of carbonyl (C=O) groups excluding carboxylic acids is 1. The number of amides is 1. The Morgan fingerprint density at radius 3 is 2.29 bits per heavy atom. The highest BCUT2D eigenvalue weighted by atomic mass is 19.3. The molecule has 4 rings (SSSR count). The summed E-state index contributed by atoms with van der Waals surface area (Å²) in [4.78, 5) is 25.1. The van der Waals surface area contributed by atoms with Gasteiger partial charge >= 0.3 is 12.6 Å². The summed E-state index contributed by atoms with van der Waals surface area (Å²) in [6.07, 6.45) is -0.359. The first kappa shape index (κ1) is 25.1. The number of hydrogen-bond donors (Lipinski definition) is 1. The van der Waals surface area contributed by atoms with Crippen LogP contribution in [0.3, 0.4) is 0 Å². The van der Waals surface area contributed by atoms with Gasteiger partial charge in [-0.15, -0.1) is 0 Å². The van der Waals surface area contributed by atoms with Crippen molar-refractivity contribution in [3.05, 3.63) is 70.5 Å². The fourth-order valence-corrected chi connectivity index (χ4v) is 3.88. The summed E-state index contributed by atoms with van der Waals surface area (Å²) in [6, 6.07) is 10.5. The van der Waals surface area contributed by atoms with Crippen molar-refractivity contribution in [3.8, 4) is 5.75 Å². The van der Waals surface area contributed by atoms with Crippen molar-refractivity contribution in [3.63, 3.8) is 0 Å². The Hall–Kier alpha value is -3.55. The molecule has 34 heavy (non-hydrogen) atoms. The lowest BCUT2D eigenvalue weighted by molar-refractivity contribution is -0.136. The first-order chi connectivity index (χ1) is 16.0. The summed E-state index contributed by atoms with van der Waals surface area (Å²) in [5.74, 6) is -1.92. The van der Waals surface area contributed by atoms with Crippen LogP contribution in [0.25, 0.3) is 10.8 Å². The molecule has 1 N–H and O–H groups in total. The van der Waals surface area contributed by atoms with Gasteiger partial charge in [0.05, 0.1) is 24.2 Å². The fourth-order valence-electron chi connectivity index (χ4n) is 3.88. The number of aliphatic carboxylic acids is 1. The number of aryl methyl sites for hydroxylation is 1. The quantitative estimate of drug-likeness (QED) is 0.470. The molecule has 1 amide bonds. The Morgan fingerprint density at radius 2 is 1.74 bits per heavy atom. The molecule has 0 bridgehead atoms. The topological polar surface area (TPSA) is 66.8 Å². The number of alkyl halides is 2. The lowest BCUT2D eigenvalue weighted by Gasteiger charge is -2.17. The van der Waals surface area contributed by atoms with E-state index in [1.807, 2.05) is 0 Å². The number of nitrogens with zero attached hydrogens (tertiary/aromatic N) is 1. The first-order valence-electron chi connectivity index (χ1n) is 10.8. The zero-order chi connectivity index (χ0) is 25.2. The molecule has 0 fully saturated rings. The molecule has 0 spiro atoms. The van der Waals surface area contributed by atoms with Gasteiger partial charge in [0.1, 0.15) is 11.6 Å².